The number of nitrogens with zero attached hydrogens (tertiary/aromatic N) is 1. The van der Waals surface area contributed by atoms with Gasteiger partial charge < -0.3 is 4.90 Å². The van der Waals surface area contributed by atoms with E-state index >= 15 is 0 Å². The Morgan fingerprint density at radius 2 is 2.33 bits per heavy atom. The Hall–Kier alpha value is -0.570. The number of nitrogens with one attached hydrogen (secondary N) is 1. The highest BCUT2D eigenvalue weighted by molar-refractivity contribution is 5.81. The quantitative estimate of drug-likeness (QED) is 0.673. The third-order valence-corrected chi connectivity index (χ3v) is 2.62. The van der Waals surface area contributed by atoms with Crippen LogP contribution in [-0.4, -0.2) is 29.6 Å². The lowest BCUT2D eigenvalue weighted by Crippen LogP contribution is -2.38. The minimum absolute atomic E-state index is 0.302. The molecular weight excluding hydrogens is 152 g/mol. The van der Waals surface area contributed by atoms with Crippen LogP contribution in [0.2, 0.25) is 0 Å². The highest BCUT2D eigenvalue weighted by Gasteiger charge is 2.40. The summed E-state index contributed by atoms with van der Waals surface area (Å²) < 4.78 is 0. The van der Waals surface area contributed by atoms with Crippen LogP contribution in [0.25, 0.3) is 0 Å². The van der Waals surface area contributed by atoms with Gasteiger partial charge in [0.05, 0.1) is 12.7 Å². The van der Waals surface area contributed by atoms with Crippen LogP contribution in [0.1, 0.15) is 32.6 Å². The molecule has 1 amide bonds. The Morgan fingerprint density at radius 3 is 2.92 bits per heavy atom. The third-order valence-electron chi connectivity index (χ3n) is 2.62. The molecule has 0 radical (unpaired) electrons. The molecule has 1 saturated carbocycles. The molecule has 0 bridgehead atoms. The van der Waals surface area contributed by atoms with E-state index in [1.54, 1.807) is 0 Å². The van der Waals surface area contributed by atoms with Gasteiger partial charge in [0.1, 0.15) is 0 Å². The van der Waals surface area contributed by atoms with Crippen LogP contribution in [0.15, 0.2) is 0 Å². The van der Waals surface area contributed by atoms with E-state index < -0.39 is 0 Å². The summed E-state index contributed by atoms with van der Waals surface area (Å²) in [6.45, 7) is 2.72. The maximum atomic E-state index is 11.4. The van der Waals surface area contributed by atoms with E-state index in [0.717, 1.165) is 12.8 Å². The summed E-state index contributed by atoms with van der Waals surface area (Å²) in [5, 5.41) is 3.26. The second-order valence-electron chi connectivity index (χ2n) is 3.72. The van der Waals surface area contributed by atoms with Crippen molar-refractivity contribution in [1.29, 1.82) is 0 Å². The molecule has 1 saturated heterocycles. The summed E-state index contributed by atoms with van der Waals surface area (Å²) in [6.07, 6.45) is 5.02. The molecule has 1 aliphatic carbocycles. The molecule has 3 heteroatoms. The van der Waals surface area contributed by atoms with Gasteiger partial charge in [-0.25, -0.2) is 0 Å². The summed E-state index contributed by atoms with van der Waals surface area (Å²) in [7, 11) is 0. The van der Waals surface area contributed by atoms with Crippen LogP contribution in [0.3, 0.4) is 0 Å². The smallest absolute Gasteiger partial charge is 0.238 e. The number of amides is 1. The average Bonchev–Trinajstić information content (AvgIpc) is 2.80. The van der Waals surface area contributed by atoms with Gasteiger partial charge in [-0.2, -0.15) is 0 Å². The average molecular weight is 168 g/mol. The molecule has 68 valence electrons. The molecule has 2 aliphatic rings. The van der Waals surface area contributed by atoms with Gasteiger partial charge in [0, 0.05) is 6.04 Å². The predicted octanol–water partition coefficient (Wildman–Crippen LogP) is 0.707. The first-order chi connectivity index (χ1) is 5.83. The van der Waals surface area contributed by atoms with Crippen molar-refractivity contribution in [2.75, 3.05) is 6.54 Å². The Balaban J connectivity index is 1.98. The van der Waals surface area contributed by atoms with Gasteiger partial charge in [0.2, 0.25) is 5.91 Å². The van der Waals surface area contributed by atoms with Gasteiger partial charge in [-0.3, -0.25) is 10.1 Å². The largest absolute Gasteiger partial charge is 0.323 e. The van der Waals surface area contributed by atoms with Gasteiger partial charge in [0.25, 0.3) is 0 Å². The number of hydrogen-bond acceptors (Lipinski definition) is 2. The van der Waals surface area contributed by atoms with Gasteiger partial charge in [-0.1, -0.05) is 13.3 Å². The molecule has 1 heterocycles. The molecule has 1 aliphatic heterocycles. The van der Waals surface area contributed by atoms with Crippen molar-refractivity contribution in [1.82, 2.24) is 10.2 Å². The van der Waals surface area contributed by atoms with Crippen molar-refractivity contribution >= 4 is 5.91 Å². The predicted molar refractivity (Wildman–Crippen MR) is 46.6 cm³/mol. The number of carbonyl (C=O) groups excluding carboxylic acids is 1. The van der Waals surface area contributed by atoms with Crippen LogP contribution in [0.4, 0.5) is 0 Å². The normalized spacial score (nSPS) is 29.9. The van der Waals surface area contributed by atoms with E-state index in [1.165, 1.54) is 12.8 Å². The fraction of sp³-hybridized carbons (Fsp3) is 0.889. The molecule has 0 aromatic rings. The molecule has 1 N–H and O–H groups in total. The summed E-state index contributed by atoms with van der Waals surface area (Å²) in [5.41, 5.74) is 0. The van der Waals surface area contributed by atoms with Gasteiger partial charge in [0.15, 0.2) is 0 Å². The number of hydrogen-bond donors (Lipinski definition) is 1. The van der Waals surface area contributed by atoms with Gasteiger partial charge >= 0.3 is 0 Å². The Labute approximate surface area is 73.1 Å². The van der Waals surface area contributed by atoms with Crippen molar-refractivity contribution in [3.05, 3.63) is 0 Å². The third kappa shape index (κ3) is 1.33. The standard InChI is InChI=1S/C9H16N2O/c1-2-3-8-10-6-9(12)11(8)7-4-5-7/h7-8,10H,2-6H2,1H3. The topological polar surface area (TPSA) is 32.3 Å². The van der Waals surface area contributed by atoms with E-state index in [4.69, 9.17) is 0 Å². The molecule has 3 nitrogen and oxygen atoms in total. The molecular formula is C9H16N2O. The SMILES string of the molecule is CCCC1NCC(=O)N1C1CC1. The zero-order chi connectivity index (χ0) is 8.55. The summed E-state index contributed by atoms with van der Waals surface area (Å²) in [5.74, 6) is 0.302. The molecule has 0 spiro atoms. The zero-order valence-electron chi connectivity index (χ0n) is 7.55. The van der Waals surface area contributed by atoms with Crippen LogP contribution < -0.4 is 5.32 Å². The number of rotatable bonds is 3. The first-order valence-corrected chi connectivity index (χ1v) is 4.87. The Kier molecular flexibility index (Phi) is 2.05. The van der Waals surface area contributed by atoms with E-state index in [0.29, 0.717) is 24.7 Å². The minimum Gasteiger partial charge on any atom is -0.323 e. The Bertz CT molecular complexity index is 189. The summed E-state index contributed by atoms with van der Waals surface area (Å²) in [4.78, 5) is 13.5. The summed E-state index contributed by atoms with van der Waals surface area (Å²) in [6, 6.07) is 0.573. The van der Waals surface area contributed by atoms with Crippen LogP contribution in [0, 0.1) is 0 Å². The molecule has 2 rings (SSSR count). The van der Waals surface area contributed by atoms with E-state index in [-0.39, 0.29) is 0 Å². The maximum absolute atomic E-state index is 11.4. The van der Waals surface area contributed by atoms with Crippen molar-refractivity contribution in [2.45, 2.75) is 44.8 Å². The maximum Gasteiger partial charge on any atom is 0.238 e. The van der Waals surface area contributed by atoms with Crippen molar-refractivity contribution in [3.8, 4) is 0 Å². The monoisotopic (exact) mass is 168 g/mol. The van der Waals surface area contributed by atoms with Crippen molar-refractivity contribution < 1.29 is 4.79 Å². The lowest BCUT2D eigenvalue weighted by Gasteiger charge is -2.23. The highest BCUT2D eigenvalue weighted by atomic mass is 16.2. The molecule has 1 atom stereocenters. The van der Waals surface area contributed by atoms with Gasteiger partial charge in [-0.15, -0.1) is 0 Å². The minimum atomic E-state index is 0.302. The van der Waals surface area contributed by atoms with Crippen LogP contribution >= 0.6 is 0 Å². The van der Waals surface area contributed by atoms with Crippen molar-refractivity contribution in [3.63, 3.8) is 0 Å². The fourth-order valence-electron chi connectivity index (χ4n) is 1.89. The second kappa shape index (κ2) is 3.05. The van der Waals surface area contributed by atoms with Crippen molar-refractivity contribution in [2.24, 2.45) is 0 Å². The zero-order valence-corrected chi connectivity index (χ0v) is 7.55. The molecule has 2 fully saturated rings. The molecule has 1 unspecified atom stereocenters. The van der Waals surface area contributed by atoms with E-state index in [2.05, 4.69) is 17.1 Å². The fourth-order valence-corrected chi connectivity index (χ4v) is 1.89. The molecule has 0 aromatic carbocycles. The highest BCUT2D eigenvalue weighted by Crippen LogP contribution is 2.30. The first-order valence-electron chi connectivity index (χ1n) is 4.87. The lowest BCUT2D eigenvalue weighted by atomic mass is 10.2. The summed E-state index contributed by atoms with van der Waals surface area (Å²) >= 11 is 0. The molecule has 12 heavy (non-hydrogen) atoms. The second-order valence-corrected chi connectivity index (χ2v) is 3.72. The van der Waals surface area contributed by atoms with Crippen LogP contribution in [-0.2, 0) is 4.79 Å². The van der Waals surface area contributed by atoms with E-state index in [1.807, 2.05) is 0 Å². The Morgan fingerprint density at radius 1 is 1.58 bits per heavy atom. The van der Waals surface area contributed by atoms with E-state index in [9.17, 15) is 4.79 Å². The lowest BCUT2D eigenvalue weighted by molar-refractivity contribution is -0.128. The van der Waals surface area contributed by atoms with Gasteiger partial charge in [-0.05, 0) is 19.3 Å². The molecule has 0 aromatic heterocycles. The number of carbonyl (C=O) groups is 1. The first kappa shape index (κ1) is 8.05. The van der Waals surface area contributed by atoms with Crippen LogP contribution in [0.5, 0.6) is 0 Å².